The Balaban J connectivity index is 2.04. The minimum Gasteiger partial charge on any atom is -0.478 e. The SMILES string of the molecule is CCCOc1cc(C)nc(NC(CN)C2CC2)n1. The van der Waals surface area contributed by atoms with E-state index in [-0.39, 0.29) is 6.04 Å². The molecule has 1 fully saturated rings. The summed E-state index contributed by atoms with van der Waals surface area (Å²) in [5.74, 6) is 1.95. The lowest BCUT2D eigenvalue weighted by Gasteiger charge is -2.16. The minimum atomic E-state index is 0.283. The highest BCUT2D eigenvalue weighted by Gasteiger charge is 2.30. The number of rotatable bonds is 7. The molecule has 18 heavy (non-hydrogen) atoms. The summed E-state index contributed by atoms with van der Waals surface area (Å²) in [6.45, 7) is 5.32. The number of hydrogen-bond acceptors (Lipinski definition) is 5. The molecule has 0 saturated heterocycles. The molecule has 5 heteroatoms. The quantitative estimate of drug-likeness (QED) is 0.771. The predicted octanol–water partition coefficient (Wildman–Crippen LogP) is 1.72. The van der Waals surface area contributed by atoms with E-state index in [1.807, 2.05) is 13.0 Å². The van der Waals surface area contributed by atoms with Crippen molar-refractivity contribution in [3.05, 3.63) is 11.8 Å². The van der Waals surface area contributed by atoms with E-state index < -0.39 is 0 Å². The summed E-state index contributed by atoms with van der Waals surface area (Å²) in [6, 6.07) is 2.14. The molecule has 0 aromatic carbocycles. The van der Waals surface area contributed by atoms with Crippen molar-refractivity contribution in [3.63, 3.8) is 0 Å². The van der Waals surface area contributed by atoms with Crippen LogP contribution < -0.4 is 15.8 Å². The normalized spacial score (nSPS) is 16.4. The van der Waals surface area contributed by atoms with E-state index in [2.05, 4.69) is 22.2 Å². The third-order valence-corrected chi connectivity index (χ3v) is 3.04. The molecule has 1 aliphatic carbocycles. The number of nitrogens with two attached hydrogens (primary N) is 1. The van der Waals surface area contributed by atoms with Gasteiger partial charge in [-0.05, 0) is 32.1 Å². The van der Waals surface area contributed by atoms with Gasteiger partial charge in [0.1, 0.15) is 0 Å². The van der Waals surface area contributed by atoms with Crippen LogP contribution in [0.3, 0.4) is 0 Å². The largest absolute Gasteiger partial charge is 0.478 e. The summed E-state index contributed by atoms with van der Waals surface area (Å²) in [7, 11) is 0. The van der Waals surface area contributed by atoms with Gasteiger partial charge in [0.15, 0.2) is 0 Å². The second kappa shape index (κ2) is 6.00. The van der Waals surface area contributed by atoms with Gasteiger partial charge in [0.05, 0.1) is 6.61 Å². The van der Waals surface area contributed by atoms with Crippen molar-refractivity contribution in [2.45, 2.75) is 39.2 Å². The van der Waals surface area contributed by atoms with Gasteiger partial charge in [-0.3, -0.25) is 0 Å². The molecule has 0 amide bonds. The van der Waals surface area contributed by atoms with Gasteiger partial charge in [0.2, 0.25) is 11.8 Å². The van der Waals surface area contributed by atoms with Gasteiger partial charge in [0, 0.05) is 24.3 Å². The number of hydrogen-bond donors (Lipinski definition) is 2. The molecule has 0 radical (unpaired) electrons. The van der Waals surface area contributed by atoms with Crippen LogP contribution in [0, 0.1) is 12.8 Å². The third kappa shape index (κ3) is 3.57. The van der Waals surface area contributed by atoms with E-state index in [0.717, 1.165) is 12.1 Å². The lowest BCUT2D eigenvalue weighted by atomic mass is 10.2. The standard InChI is InChI=1S/C13H22N4O/c1-3-6-18-12-7-9(2)15-13(17-12)16-11(8-14)10-4-5-10/h7,10-11H,3-6,8,14H2,1-2H3,(H,15,16,17). The maximum absolute atomic E-state index is 5.77. The Bertz CT molecular complexity index is 393. The minimum absolute atomic E-state index is 0.283. The molecule has 0 spiro atoms. The van der Waals surface area contributed by atoms with Crippen molar-refractivity contribution < 1.29 is 4.74 Å². The van der Waals surface area contributed by atoms with Crippen LogP contribution in [0.2, 0.25) is 0 Å². The Labute approximate surface area is 108 Å². The van der Waals surface area contributed by atoms with E-state index in [9.17, 15) is 0 Å². The predicted molar refractivity (Wildman–Crippen MR) is 71.7 cm³/mol. The van der Waals surface area contributed by atoms with Crippen molar-refractivity contribution in [2.75, 3.05) is 18.5 Å². The van der Waals surface area contributed by atoms with Crippen molar-refractivity contribution in [1.29, 1.82) is 0 Å². The van der Waals surface area contributed by atoms with Crippen molar-refractivity contribution >= 4 is 5.95 Å². The lowest BCUT2D eigenvalue weighted by molar-refractivity contribution is 0.304. The van der Waals surface area contributed by atoms with Crippen LogP contribution in [0.5, 0.6) is 5.88 Å². The molecule has 1 aromatic heterocycles. The van der Waals surface area contributed by atoms with E-state index >= 15 is 0 Å². The summed E-state index contributed by atoms with van der Waals surface area (Å²) in [5.41, 5.74) is 6.68. The second-order valence-electron chi connectivity index (χ2n) is 4.84. The number of anilines is 1. The highest BCUT2D eigenvalue weighted by Crippen LogP contribution is 2.33. The van der Waals surface area contributed by atoms with Gasteiger partial charge in [-0.15, -0.1) is 0 Å². The zero-order valence-corrected chi connectivity index (χ0v) is 11.1. The van der Waals surface area contributed by atoms with E-state index in [1.54, 1.807) is 0 Å². The van der Waals surface area contributed by atoms with Gasteiger partial charge in [-0.25, -0.2) is 4.98 Å². The summed E-state index contributed by atoms with van der Waals surface area (Å²) < 4.78 is 5.55. The number of aromatic nitrogens is 2. The number of ether oxygens (including phenoxy) is 1. The summed E-state index contributed by atoms with van der Waals surface area (Å²) >= 11 is 0. The van der Waals surface area contributed by atoms with Crippen LogP contribution >= 0.6 is 0 Å². The Morgan fingerprint density at radius 2 is 2.28 bits per heavy atom. The monoisotopic (exact) mass is 250 g/mol. The molecule has 1 unspecified atom stereocenters. The summed E-state index contributed by atoms with van der Waals surface area (Å²) in [6.07, 6.45) is 3.47. The third-order valence-electron chi connectivity index (χ3n) is 3.04. The molecule has 100 valence electrons. The maximum Gasteiger partial charge on any atom is 0.226 e. The number of aryl methyl sites for hydroxylation is 1. The zero-order chi connectivity index (χ0) is 13.0. The fourth-order valence-electron chi connectivity index (χ4n) is 1.92. The molecule has 2 rings (SSSR count). The average molecular weight is 250 g/mol. The molecule has 5 nitrogen and oxygen atoms in total. The number of nitrogens with zero attached hydrogens (tertiary/aromatic N) is 2. The van der Waals surface area contributed by atoms with Crippen LogP contribution in [0.25, 0.3) is 0 Å². The van der Waals surface area contributed by atoms with Crippen LogP contribution in [-0.2, 0) is 0 Å². The van der Waals surface area contributed by atoms with Crippen LogP contribution in [0.1, 0.15) is 31.9 Å². The van der Waals surface area contributed by atoms with Crippen LogP contribution in [-0.4, -0.2) is 29.2 Å². The van der Waals surface area contributed by atoms with Gasteiger partial charge in [-0.1, -0.05) is 6.92 Å². The molecule has 0 aliphatic heterocycles. The molecule has 3 N–H and O–H groups in total. The van der Waals surface area contributed by atoms with Gasteiger partial charge in [-0.2, -0.15) is 4.98 Å². The Kier molecular flexibility index (Phi) is 4.36. The number of nitrogens with one attached hydrogen (secondary N) is 1. The van der Waals surface area contributed by atoms with E-state index in [4.69, 9.17) is 10.5 Å². The second-order valence-corrected chi connectivity index (χ2v) is 4.84. The Morgan fingerprint density at radius 1 is 1.50 bits per heavy atom. The molecule has 1 saturated carbocycles. The topological polar surface area (TPSA) is 73.1 Å². The maximum atomic E-state index is 5.77. The molecular formula is C13H22N4O. The molecular weight excluding hydrogens is 228 g/mol. The first-order valence-corrected chi connectivity index (χ1v) is 6.68. The van der Waals surface area contributed by atoms with Gasteiger partial charge < -0.3 is 15.8 Å². The summed E-state index contributed by atoms with van der Waals surface area (Å²) in [5, 5.41) is 3.32. The average Bonchev–Trinajstić information content (AvgIpc) is 3.17. The molecule has 1 aromatic rings. The van der Waals surface area contributed by atoms with Crippen molar-refractivity contribution in [1.82, 2.24) is 9.97 Å². The van der Waals surface area contributed by atoms with E-state index in [0.29, 0.717) is 30.9 Å². The van der Waals surface area contributed by atoms with Crippen LogP contribution in [0.4, 0.5) is 5.95 Å². The lowest BCUT2D eigenvalue weighted by Crippen LogP contribution is -2.31. The molecule has 1 aliphatic rings. The highest BCUT2D eigenvalue weighted by molar-refractivity contribution is 5.32. The Morgan fingerprint density at radius 3 is 2.89 bits per heavy atom. The fourth-order valence-corrected chi connectivity index (χ4v) is 1.92. The fraction of sp³-hybridized carbons (Fsp3) is 0.692. The summed E-state index contributed by atoms with van der Waals surface area (Å²) in [4.78, 5) is 8.75. The van der Waals surface area contributed by atoms with Crippen LogP contribution in [0.15, 0.2) is 6.07 Å². The van der Waals surface area contributed by atoms with E-state index in [1.165, 1.54) is 12.8 Å². The first kappa shape index (κ1) is 13.1. The van der Waals surface area contributed by atoms with Gasteiger partial charge in [0.25, 0.3) is 0 Å². The highest BCUT2D eigenvalue weighted by atomic mass is 16.5. The molecule has 0 bridgehead atoms. The zero-order valence-electron chi connectivity index (χ0n) is 11.1. The smallest absolute Gasteiger partial charge is 0.226 e. The van der Waals surface area contributed by atoms with Crippen molar-refractivity contribution in [2.24, 2.45) is 11.7 Å². The van der Waals surface area contributed by atoms with Crippen molar-refractivity contribution in [3.8, 4) is 5.88 Å². The molecule has 1 atom stereocenters. The molecule has 1 heterocycles. The Hall–Kier alpha value is -1.36. The first-order valence-electron chi connectivity index (χ1n) is 6.68. The first-order chi connectivity index (χ1) is 8.72. The van der Waals surface area contributed by atoms with Gasteiger partial charge >= 0.3 is 0 Å².